The Kier molecular flexibility index (Phi) is 2.98. The second-order valence-electron chi connectivity index (χ2n) is 6.73. The van der Waals surface area contributed by atoms with Crippen molar-refractivity contribution in [1.82, 2.24) is 10.2 Å². The van der Waals surface area contributed by atoms with Gasteiger partial charge in [-0.25, -0.2) is 4.99 Å². The number of hydrogen-bond donors (Lipinski definition) is 3. The molecule has 2 aliphatic rings. The lowest BCUT2D eigenvalue weighted by Crippen LogP contribution is -2.41. The van der Waals surface area contributed by atoms with Crippen LogP contribution in [0.1, 0.15) is 41.3 Å². The third kappa shape index (κ3) is 2.23. The molecule has 0 unspecified atom stereocenters. The predicted molar refractivity (Wildman–Crippen MR) is 98.6 cm³/mol. The van der Waals surface area contributed by atoms with E-state index in [1.807, 2.05) is 42.5 Å². The van der Waals surface area contributed by atoms with Crippen LogP contribution in [0.3, 0.4) is 0 Å². The van der Waals surface area contributed by atoms with Crippen LogP contribution in [0, 0.1) is 0 Å². The minimum absolute atomic E-state index is 0.522. The predicted octanol–water partition coefficient (Wildman–Crippen LogP) is 3.32. The van der Waals surface area contributed by atoms with Gasteiger partial charge in [0, 0.05) is 28.4 Å². The third-order valence-electron chi connectivity index (χ3n) is 4.98. The van der Waals surface area contributed by atoms with E-state index >= 15 is 0 Å². The van der Waals surface area contributed by atoms with Crippen molar-refractivity contribution in [1.29, 1.82) is 0 Å². The van der Waals surface area contributed by atoms with Gasteiger partial charge in [-0.2, -0.15) is 5.10 Å². The number of anilines is 1. The number of aromatic nitrogens is 2. The first-order valence-electron chi connectivity index (χ1n) is 8.60. The van der Waals surface area contributed by atoms with E-state index < -0.39 is 5.66 Å². The Hall–Kier alpha value is -3.08. The van der Waals surface area contributed by atoms with Gasteiger partial charge < -0.3 is 11.1 Å². The van der Waals surface area contributed by atoms with Crippen molar-refractivity contribution >= 4 is 11.5 Å². The summed E-state index contributed by atoms with van der Waals surface area (Å²) in [6.45, 7) is 0. The number of amidine groups is 1. The summed E-state index contributed by atoms with van der Waals surface area (Å²) >= 11 is 0. The zero-order valence-corrected chi connectivity index (χ0v) is 13.7. The smallest absolute Gasteiger partial charge is 0.202 e. The van der Waals surface area contributed by atoms with Gasteiger partial charge in [-0.15, -0.1) is 0 Å². The van der Waals surface area contributed by atoms with E-state index in [2.05, 4.69) is 33.7 Å². The molecule has 0 radical (unpaired) electrons. The molecule has 124 valence electrons. The number of nitrogens with zero attached hydrogens (tertiary/aromatic N) is 2. The maximum Gasteiger partial charge on any atom is 0.202 e. The van der Waals surface area contributed by atoms with Crippen molar-refractivity contribution in [2.24, 2.45) is 10.7 Å². The van der Waals surface area contributed by atoms with Gasteiger partial charge >= 0.3 is 0 Å². The quantitative estimate of drug-likeness (QED) is 0.689. The van der Waals surface area contributed by atoms with E-state index in [0.717, 1.165) is 22.5 Å². The lowest BCUT2D eigenvalue weighted by Gasteiger charge is -2.35. The summed E-state index contributed by atoms with van der Waals surface area (Å²) in [5.74, 6) is 1.13. The van der Waals surface area contributed by atoms with E-state index in [0.29, 0.717) is 11.8 Å². The van der Waals surface area contributed by atoms with Gasteiger partial charge in [-0.05, 0) is 31.0 Å². The largest absolute Gasteiger partial charge is 0.383 e. The summed E-state index contributed by atoms with van der Waals surface area (Å²) < 4.78 is 0. The Bertz CT molecular complexity index is 955. The number of hydrogen-bond acceptors (Lipinski definition) is 4. The van der Waals surface area contributed by atoms with Crippen LogP contribution in [0.5, 0.6) is 0 Å². The van der Waals surface area contributed by atoms with Gasteiger partial charge in [0.25, 0.3) is 0 Å². The first-order chi connectivity index (χ1) is 12.3. The van der Waals surface area contributed by atoms with E-state index in [4.69, 9.17) is 10.7 Å². The molecule has 1 aromatic heterocycles. The van der Waals surface area contributed by atoms with Crippen LogP contribution in [-0.4, -0.2) is 16.0 Å². The Morgan fingerprint density at radius 1 is 1.00 bits per heavy atom. The monoisotopic (exact) mass is 329 g/mol. The molecule has 3 aromatic rings. The molecule has 5 nitrogen and oxygen atoms in total. The molecule has 0 saturated heterocycles. The molecule has 0 bridgehead atoms. The highest BCUT2D eigenvalue weighted by atomic mass is 15.2. The first-order valence-corrected chi connectivity index (χ1v) is 8.60. The fraction of sp³-hybridized carbons (Fsp3) is 0.200. The molecular formula is C20H19N5. The summed E-state index contributed by atoms with van der Waals surface area (Å²) in [7, 11) is 0. The molecule has 5 rings (SSSR count). The third-order valence-corrected chi connectivity index (χ3v) is 4.98. The minimum Gasteiger partial charge on any atom is -0.383 e. The summed E-state index contributed by atoms with van der Waals surface area (Å²) in [5.41, 5.74) is 10.5. The Balaban J connectivity index is 1.71. The number of aliphatic imine (C=N–C) groups is 1. The van der Waals surface area contributed by atoms with Crippen molar-refractivity contribution in [3.63, 3.8) is 0 Å². The summed E-state index contributed by atoms with van der Waals surface area (Å²) in [4.78, 5) is 4.89. The zero-order valence-electron chi connectivity index (χ0n) is 13.7. The highest BCUT2D eigenvalue weighted by Gasteiger charge is 2.41. The Morgan fingerprint density at radius 3 is 2.56 bits per heavy atom. The van der Waals surface area contributed by atoms with Crippen molar-refractivity contribution in [2.75, 3.05) is 5.32 Å². The topological polar surface area (TPSA) is 79.1 Å². The van der Waals surface area contributed by atoms with Crippen LogP contribution in [0.2, 0.25) is 0 Å². The highest BCUT2D eigenvalue weighted by molar-refractivity contribution is 6.04. The molecular weight excluding hydrogens is 310 g/mol. The van der Waals surface area contributed by atoms with Crippen molar-refractivity contribution in [2.45, 2.75) is 24.4 Å². The van der Waals surface area contributed by atoms with Crippen molar-refractivity contribution in [3.05, 3.63) is 83.2 Å². The Labute approximate surface area is 146 Å². The van der Waals surface area contributed by atoms with Crippen molar-refractivity contribution < 1.29 is 0 Å². The molecule has 5 heteroatoms. The lowest BCUT2D eigenvalue weighted by atomic mass is 9.92. The molecule has 2 aromatic carbocycles. The fourth-order valence-corrected chi connectivity index (χ4v) is 3.49. The molecule has 0 amide bonds. The maximum atomic E-state index is 6.35. The van der Waals surface area contributed by atoms with Crippen LogP contribution in [0.25, 0.3) is 0 Å². The number of benzene rings is 2. The maximum absolute atomic E-state index is 6.35. The van der Waals surface area contributed by atoms with Gasteiger partial charge in [0.05, 0.1) is 0 Å². The average Bonchev–Trinajstić information content (AvgIpc) is 3.39. The molecule has 1 atom stereocenters. The van der Waals surface area contributed by atoms with Gasteiger partial charge in [0.15, 0.2) is 0 Å². The summed E-state index contributed by atoms with van der Waals surface area (Å²) in [6.07, 6.45) is 2.45. The second-order valence-corrected chi connectivity index (χ2v) is 6.73. The first kappa shape index (κ1) is 14.3. The van der Waals surface area contributed by atoms with Gasteiger partial charge in [0.2, 0.25) is 5.66 Å². The number of fused-ring (bicyclic) bond motifs is 1. The standard InChI is InChI=1S/C20H19N5/c21-19-15-8-4-5-9-16(15)22-20(23-19,14-6-2-1-3-7-14)18-12-17(24-25-18)13-10-11-13/h1-9,12-13,22H,10-11H2,(H2,21,23)(H,24,25)/t20-/m1/s1. The van der Waals surface area contributed by atoms with Gasteiger partial charge in [-0.1, -0.05) is 42.5 Å². The number of nitrogens with one attached hydrogen (secondary N) is 2. The fourth-order valence-electron chi connectivity index (χ4n) is 3.49. The minimum atomic E-state index is -0.816. The number of rotatable bonds is 3. The molecule has 1 fully saturated rings. The van der Waals surface area contributed by atoms with E-state index in [1.165, 1.54) is 18.5 Å². The SMILES string of the molecule is NC1=N[C@](c2ccccc2)(c2cc(C3CC3)[nH]n2)Nc2ccccc21. The molecule has 1 saturated carbocycles. The zero-order chi connectivity index (χ0) is 16.9. The van der Waals surface area contributed by atoms with Crippen LogP contribution in [0.15, 0.2) is 65.7 Å². The number of para-hydroxylation sites is 1. The average molecular weight is 329 g/mol. The molecule has 1 aliphatic carbocycles. The summed E-state index contributed by atoms with van der Waals surface area (Å²) in [6, 6.07) is 20.3. The molecule has 25 heavy (non-hydrogen) atoms. The summed E-state index contributed by atoms with van der Waals surface area (Å²) in [5, 5.41) is 11.4. The molecule has 4 N–H and O–H groups in total. The van der Waals surface area contributed by atoms with E-state index in [-0.39, 0.29) is 0 Å². The van der Waals surface area contributed by atoms with Crippen LogP contribution in [0.4, 0.5) is 5.69 Å². The van der Waals surface area contributed by atoms with Crippen LogP contribution < -0.4 is 11.1 Å². The normalized spacial score (nSPS) is 22.0. The number of H-pyrrole nitrogens is 1. The van der Waals surface area contributed by atoms with Crippen LogP contribution in [-0.2, 0) is 5.66 Å². The van der Waals surface area contributed by atoms with E-state index in [9.17, 15) is 0 Å². The van der Waals surface area contributed by atoms with Gasteiger partial charge in [0.1, 0.15) is 11.5 Å². The Morgan fingerprint density at radius 2 is 1.76 bits per heavy atom. The lowest BCUT2D eigenvalue weighted by molar-refractivity contribution is 0.594. The van der Waals surface area contributed by atoms with E-state index in [1.54, 1.807) is 0 Å². The second kappa shape index (κ2) is 5.21. The highest BCUT2D eigenvalue weighted by Crippen LogP contribution is 2.43. The van der Waals surface area contributed by atoms with Gasteiger partial charge in [-0.3, -0.25) is 5.10 Å². The van der Waals surface area contributed by atoms with Crippen LogP contribution >= 0.6 is 0 Å². The van der Waals surface area contributed by atoms with Crippen molar-refractivity contribution in [3.8, 4) is 0 Å². The molecule has 1 aliphatic heterocycles. The number of nitrogens with two attached hydrogens (primary N) is 1. The number of aromatic amines is 1. The molecule has 2 heterocycles. The molecule has 0 spiro atoms.